The smallest absolute Gasteiger partial charge is 0.191 e. The van der Waals surface area contributed by atoms with Crippen molar-refractivity contribution in [1.82, 2.24) is 20.4 Å². The summed E-state index contributed by atoms with van der Waals surface area (Å²) in [7, 11) is 0. The van der Waals surface area contributed by atoms with E-state index in [0.717, 1.165) is 50.1 Å². The molecule has 3 fully saturated rings. The highest BCUT2D eigenvalue weighted by molar-refractivity contribution is 5.79. The number of nitrogens with one attached hydrogen (secondary N) is 2. The molecule has 0 aromatic heterocycles. The first-order valence-electron chi connectivity index (χ1n) is 10.8. The average Bonchev–Trinajstić information content (AvgIpc) is 3.38. The molecule has 5 heteroatoms. The second-order valence-electron chi connectivity index (χ2n) is 8.12. The summed E-state index contributed by atoms with van der Waals surface area (Å²) in [4.78, 5) is 10.2. The first-order chi connectivity index (χ1) is 12.3. The maximum Gasteiger partial charge on any atom is 0.191 e. The van der Waals surface area contributed by atoms with Gasteiger partial charge in [0.15, 0.2) is 5.96 Å². The second-order valence-corrected chi connectivity index (χ2v) is 8.12. The molecule has 5 nitrogen and oxygen atoms in total. The quantitative estimate of drug-likeness (QED) is 0.521. The number of hydrogen-bond donors (Lipinski definition) is 2. The van der Waals surface area contributed by atoms with Gasteiger partial charge in [0.05, 0.1) is 0 Å². The van der Waals surface area contributed by atoms with Crippen molar-refractivity contribution in [2.24, 2.45) is 10.9 Å². The first kappa shape index (κ1) is 19.0. The van der Waals surface area contributed by atoms with Crippen LogP contribution in [-0.2, 0) is 0 Å². The Morgan fingerprint density at radius 1 is 1.04 bits per heavy atom. The van der Waals surface area contributed by atoms with Crippen LogP contribution in [0.2, 0.25) is 0 Å². The Kier molecular flexibility index (Phi) is 7.41. The summed E-state index contributed by atoms with van der Waals surface area (Å²) >= 11 is 0. The largest absolute Gasteiger partial charge is 0.357 e. The number of guanidine groups is 1. The Bertz CT molecular complexity index is 420. The Morgan fingerprint density at radius 2 is 1.92 bits per heavy atom. The average molecular weight is 350 g/mol. The molecule has 0 aromatic carbocycles. The Labute approximate surface area is 154 Å². The molecule has 2 aliphatic heterocycles. The van der Waals surface area contributed by atoms with Gasteiger partial charge in [0.2, 0.25) is 0 Å². The zero-order valence-electron chi connectivity index (χ0n) is 16.5. The lowest BCUT2D eigenvalue weighted by molar-refractivity contribution is 0.147. The lowest BCUT2D eigenvalue weighted by Crippen LogP contribution is -2.46. The van der Waals surface area contributed by atoms with E-state index < -0.39 is 0 Å². The normalized spacial score (nSPS) is 29.1. The van der Waals surface area contributed by atoms with E-state index in [4.69, 9.17) is 4.99 Å². The number of likely N-dealkylation sites (tertiary alicyclic amines) is 2. The van der Waals surface area contributed by atoms with Gasteiger partial charge in [-0.15, -0.1) is 0 Å². The maximum absolute atomic E-state index is 4.88. The predicted molar refractivity (Wildman–Crippen MR) is 106 cm³/mol. The van der Waals surface area contributed by atoms with Crippen molar-refractivity contribution >= 4 is 5.96 Å². The molecule has 0 spiro atoms. The zero-order chi connectivity index (χ0) is 17.5. The summed E-state index contributed by atoms with van der Waals surface area (Å²) in [5, 5.41) is 6.99. The summed E-state index contributed by atoms with van der Waals surface area (Å²) in [5.41, 5.74) is 0. The van der Waals surface area contributed by atoms with Crippen molar-refractivity contribution in [3.05, 3.63) is 0 Å². The Morgan fingerprint density at radius 3 is 2.68 bits per heavy atom. The molecular weight excluding hydrogens is 310 g/mol. The van der Waals surface area contributed by atoms with Gasteiger partial charge in [0, 0.05) is 44.8 Å². The molecule has 0 bridgehead atoms. The van der Waals surface area contributed by atoms with E-state index in [-0.39, 0.29) is 0 Å². The SMILES string of the molecule is CCNC(=NCC1CCN(C2CC2)C1)NCCN1CCCCC1CC. The summed E-state index contributed by atoms with van der Waals surface area (Å²) in [5.74, 6) is 1.76. The van der Waals surface area contributed by atoms with Crippen molar-refractivity contribution in [1.29, 1.82) is 0 Å². The predicted octanol–water partition coefficient (Wildman–Crippen LogP) is 2.29. The van der Waals surface area contributed by atoms with Crippen LogP contribution in [-0.4, -0.2) is 73.7 Å². The minimum Gasteiger partial charge on any atom is -0.357 e. The van der Waals surface area contributed by atoms with Gasteiger partial charge in [0.25, 0.3) is 0 Å². The van der Waals surface area contributed by atoms with Gasteiger partial charge in [0.1, 0.15) is 0 Å². The molecule has 2 heterocycles. The molecule has 2 saturated heterocycles. The number of piperidine rings is 1. The van der Waals surface area contributed by atoms with Crippen LogP contribution in [0.25, 0.3) is 0 Å². The molecule has 1 aliphatic carbocycles. The third-order valence-electron chi connectivity index (χ3n) is 6.14. The fourth-order valence-corrected chi connectivity index (χ4v) is 4.48. The van der Waals surface area contributed by atoms with E-state index in [2.05, 4.69) is 34.3 Å². The van der Waals surface area contributed by atoms with Crippen molar-refractivity contribution < 1.29 is 0 Å². The highest BCUT2D eigenvalue weighted by Crippen LogP contribution is 2.31. The molecule has 3 rings (SSSR count). The third-order valence-corrected chi connectivity index (χ3v) is 6.14. The highest BCUT2D eigenvalue weighted by atomic mass is 15.2. The van der Waals surface area contributed by atoms with Gasteiger partial charge < -0.3 is 15.5 Å². The van der Waals surface area contributed by atoms with E-state index in [9.17, 15) is 0 Å². The third kappa shape index (κ3) is 5.85. The molecule has 2 unspecified atom stereocenters. The molecule has 2 N–H and O–H groups in total. The van der Waals surface area contributed by atoms with E-state index >= 15 is 0 Å². The van der Waals surface area contributed by atoms with Crippen molar-refractivity contribution in [3.63, 3.8) is 0 Å². The lowest BCUT2D eigenvalue weighted by Gasteiger charge is -2.35. The Hall–Kier alpha value is -0.810. The van der Waals surface area contributed by atoms with E-state index in [1.165, 1.54) is 64.6 Å². The van der Waals surface area contributed by atoms with Crippen LogP contribution in [0.1, 0.15) is 58.8 Å². The van der Waals surface area contributed by atoms with Crippen molar-refractivity contribution in [2.75, 3.05) is 45.8 Å². The minimum atomic E-state index is 0.752. The van der Waals surface area contributed by atoms with E-state index in [0.29, 0.717) is 0 Å². The fourth-order valence-electron chi connectivity index (χ4n) is 4.48. The van der Waals surface area contributed by atoms with Crippen LogP contribution in [0.15, 0.2) is 4.99 Å². The maximum atomic E-state index is 4.88. The minimum absolute atomic E-state index is 0.752. The molecule has 2 atom stereocenters. The van der Waals surface area contributed by atoms with Gasteiger partial charge in [-0.05, 0) is 64.5 Å². The zero-order valence-corrected chi connectivity index (χ0v) is 16.5. The van der Waals surface area contributed by atoms with Crippen LogP contribution in [0.5, 0.6) is 0 Å². The summed E-state index contributed by atoms with van der Waals surface area (Å²) < 4.78 is 0. The molecule has 0 amide bonds. The number of nitrogens with zero attached hydrogens (tertiary/aromatic N) is 3. The summed E-state index contributed by atoms with van der Waals surface area (Å²) in [6.45, 7) is 12.4. The van der Waals surface area contributed by atoms with Crippen LogP contribution in [0, 0.1) is 5.92 Å². The molecule has 3 aliphatic rings. The standard InChI is InChI=1S/C20H39N5/c1-3-18-7-5-6-12-24(18)14-11-22-20(21-4-2)23-15-17-10-13-25(16-17)19-8-9-19/h17-19H,3-16H2,1-2H3,(H2,21,22,23). The second kappa shape index (κ2) is 9.77. The molecule has 25 heavy (non-hydrogen) atoms. The molecular formula is C20H39N5. The monoisotopic (exact) mass is 349 g/mol. The van der Waals surface area contributed by atoms with Crippen LogP contribution >= 0.6 is 0 Å². The summed E-state index contributed by atoms with van der Waals surface area (Å²) in [6.07, 6.45) is 9.61. The van der Waals surface area contributed by atoms with Crippen molar-refractivity contribution in [2.45, 2.75) is 70.9 Å². The van der Waals surface area contributed by atoms with Gasteiger partial charge in [-0.1, -0.05) is 13.3 Å². The van der Waals surface area contributed by atoms with E-state index in [1.807, 2.05) is 0 Å². The molecule has 0 radical (unpaired) electrons. The van der Waals surface area contributed by atoms with Gasteiger partial charge in [-0.3, -0.25) is 9.89 Å². The molecule has 1 saturated carbocycles. The number of hydrogen-bond acceptors (Lipinski definition) is 3. The topological polar surface area (TPSA) is 42.9 Å². The number of rotatable bonds is 8. The van der Waals surface area contributed by atoms with Gasteiger partial charge in [-0.2, -0.15) is 0 Å². The van der Waals surface area contributed by atoms with Crippen molar-refractivity contribution in [3.8, 4) is 0 Å². The van der Waals surface area contributed by atoms with Crippen LogP contribution in [0.4, 0.5) is 0 Å². The fraction of sp³-hybridized carbons (Fsp3) is 0.950. The number of aliphatic imine (C=N–C) groups is 1. The molecule has 0 aromatic rings. The Balaban J connectivity index is 1.39. The van der Waals surface area contributed by atoms with Gasteiger partial charge >= 0.3 is 0 Å². The summed E-state index contributed by atoms with van der Waals surface area (Å²) in [6, 6.07) is 1.71. The molecule has 144 valence electrons. The van der Waals surface area contributed by atoms with Crippen LogP contribution < -0.4 is 10.6 Å². The first-order valence-corrected chi connectivity index (χ1v) is 10.8. The van der Waals surface area contributed by atoms with E-state index in [1.54, 1.807) is 0 Å². The van der Waals surface area contributed by atoms with Gasteiger partial charge in [-0.25, -0.2) is 0 Å². The highest BCUT2D eigenvalue weighted by Gasteiger charge is 2.34. The lowest BCUT2D eigenvalue weighted by atomic mass is 10.0. The van der Waals surface area contributed by atoms with Crippen LogP contribution in [0.3, 0.4) is 0 Å².